The van der Waals surface area contributed by atoms with Gasteiger partial charge in [0.05, 0.1) is 5.69 Å². The zero-order chi connectivity index (χ0) is 7.14. The number of anilines is 1. The molecule has 0 spiro atoms. The van der Waals surface area contributed by atoms with Crippen molar-refractivity contribution < 1.29 is 0 Å². The van der Waals surface area contributed by atoms with Crippen molar-refractivity contribution in [3.63, 3.8) is 0 Å². The fourth-order valence-electron chi connectivity index (χ4n) is 1.03. The first-order valence-electron chi connectivity index (χ1n) is 3.00. The Hall–Kier alpha value is -0.0200. The number of benzene rings is 1. The van der Waals surface area contributed by atoms with E-state index in [1.165, 1.54) is 15.7 Å². The molecular weight excluding hydrogens is 258 g/mol. The van der Waals surface area contributed by atoms with E-state index in [2.05, 4.69) is 43.2 Å². The van der Waals surface area contributed by atoms with Gasteiger partial charge in [-0.1, -0.05) is 15.9 Å². The van der Waals surface area contributed by atoms with Crippen LogP contribution in [0.4, 0.5) is 5.69 Å². The maximum Gasteiger partial charge on any atom is 0.0549 e. The Labute approximate surface area is 76.1 Å². The van der Waals surface area contributed by atoms with Gasteiger partial charge in [-0.15, -0.1) is 0 Å². The molecule has 0 fully saturated rings. The Morgan fingerprint density at radius 1 is 1.20 bits per heavy atom. The molecule has 0 amide bonds. The van der Waals surface area contributed by atoms with Gasteiger partial charge < -0.3 is 5.32 Å². The molecule has 1 aromatic rings. The van der Waals surface area contributed by atoms with Crippen LogP contribution in [0.3, 0.4) is 0 Å². The summed E-state index contributed by atoms with van der Waals surface area (Å²) in [4.78, 5) is 0. The van der Waals surface area contributed by atoms with Gasteiger partial charge in [-0.3, -0.25) is 0 Å². The normalized spacial score (nSPS) is 13.4. The van der Waals surface area contributed by atoms with Gasteiger partial charge in [0.2, 0.25) is 0 Å². The zero-order valence-corrected chi connectivity index (χ0v) is 8.29. The molecule has 0 aliphatic carbocycles. The van der Waals surface area contributed by atoms with Crippen LogP contribution in [0.1, 0.15) is 5.56 Å². The summed E-state index contributed by atoms with van der Waals surface area (Å²) in [5.74, 6) is 0. The van der Waals surface area contributed by atoms with Gasteiger partial charge >= 0.3 is 0 Å². The minimum Gasteiger partial charge on any atom is -0.380 e. The molecule has 1 heterocycles. The van der Waals surface area contributed by atoms with Crippen LogP contribution in [0.25, 0.3) is 0 Å². The lowest BCUT2D eigenvalue weighted by atomic mass is 10.1. The average Bonchev–Trinajstić information content (AvgIpc) is 1.78. The van der Waals surface area contributed by atoms with Crippen molar-refractivity contribution in [1.29, 1.82) is 0 Å². The largest absolute Gasteiger partial charge is 0.380 e. The summed E-state index contributed by atoms with van der Waals surface area (Å²) < 4.78 is 2.35. The van der Waals surface area contributed by atoms with Gasteiger partial charge in [0, 0.05) is 21.1 Å². The predicted molar refractivity (Wildman–Crippen MR) is 49.2 cm³/mol. The van der Waals surface area contributed by atoms with Crippen molar-refractivity contribution >= 4 is 37.5 Å². The molecule has 0 saturated heterocycles. The van der Waals surface area contributed by atoms with E-state index in [9.17, 15) is 0 Å². The number of hydrogen-bond acceptors (Lipinski definition) is 1. The molecule has 10 heavy (non-hydrogen) atoms. The number of rotatable bonds is 0. The molecule has 0 aromatic heterocycles. The minimum atomic E-state index is 0.982. The van der Waals surface area contributed by atoms with Crippen molar-refractivity contribution in [2.45, 2.75) is 6.54 Å². The topological polar surface area (TPSA) is 12.0 Å². The van der Waals surface area contributed by atoms with E-state index < -0.39 is 0 Å². The van der Waals surface area contributed by atoms with Crippen molar-refractivity contribution in [1.82, 2.24) is 0 Å². The smallest absolute Gasteiger partial charge is 0.0549 e. The highest BCUT2D eigenvalue weighted by atomic mass is 79.9. The molecular formula is C7H5Br2N. The average molecular weight is 263 g/mol. The zero-order valence-electron chi connectivity index (χ0n) is 5.12. The maximum atomic E-state index is 3.47. The monoisotopic (exact) mass is 261 g/mol. The fraction of sp³-hybridized carbons (Fsp3) is 0.143. The van der Waals surface area contributed by atoms with E-state index >= 15 is 0 Å². The van der Waals surface area contributed by atoms with Crippen LogP contribution < -0.4 is 5.32 Å². The van der Waals surface area contributed by atoms with Gasteiger partial charge in [0.25, 0.3) is 0 Å². The van der Waals surface area contributed by atoms with E-state index in [4.69, 9.17) is 0 Å². The summed E-state index contributed by atoms with van der Waals surface area (Å²) in [6, 6.07) is 4.10. The van der Waals surface area contributed by atoms with Gasteiger partial charge in [-0.2, -0.15) is 0 Å². The van der Waals surface area contributed by atoms with Crippen LogP contribution in [-0.2, 0) is 6.54 Å². The highest BCUT2D eigenvalue weighted by Gasteiger charge is 2.17. The summed E-state index contributed by atoms with van der Waals surface area (Å²) in [5.41, 5.74) is 2.60. The second kappa shape index (κ2) is 2.24. The Balaban J connectivity index is 2.66. The molecule has 1 aliphatic rings. The molecule has 0 radical (unpaired) electrons. The first-order chi connectivity index (χ1) is 4.79. The number of fused-ring (bicyclic) bond motifs is 1. The third-order valence-electron chi connectivity index (χ3n) is 1.65. The SMILES string of the molecule is Brc1ccc(Br)c2c1CN2. The lowest BCUT2D eigenvalue weighted by Crippen LogP contribution is -2.14. The van der Waals surface area contributed by atoms with Gasteiger partial charge in [-0.05, 0) is 28.1 Å². The number of hydrogen-bond donors (Lipinski definition) is 1. The highest BCUT2D eigenvalue weighted by molar-refractivity contribution is 9.11. The molecule has 0 atom stereocenters. The van der Waals surface area contributed by atoms with Crippen LogP contribution in [0.15, 0.2) is 21.1 Å². The van der Waals surface area contributed by atoms with Crippen LogP contribution >= 0.6 is 31.9 Å². The molecule has 0 saturated carbocycles. The Bertz CT molecular complexity index is 254. The van der Waals surface area contributed by atoms with Gasteiger partial charge in [0.15, 0.2) is 0 Å². The molecule has 2 rings (SSSR count). The van der Waals surface area contributed by atoms with E-state index in [0.29, 0.717) is 0 Å². The fourth-order valence-corrected chi connectivity index (χ4v) is 2.01. The highest BCUT2D eigenvalue weighted by Crippen LogP contribution is 2.38. The number of halogens is 2. The van der Waals surface area contributed by atoms with E-state index in [-0.39, 0.29) is 0 Å². The number of nitrogens with one attached hydrogen (secondary N) is 1. The van der Waals surface area contributed by atoms with Crippen LogP contribution in [0.5, 0.6) is 0 Å². The van der Waals surface area contributed by atoms with Gasteiger partial charge in [-0.25, -0.2) is 0 Å². The van der Waals surface area contributed by atoms with Crippen LogP contribution in [0.2, 0.25) is 0 Å². The van der Waals surface area contributed by atoms with E-state index in [1.807, 2.05) is 6.07 Å². The maximum absolute atomic E-state index is 3.47. The molecule has 1 aromatic carbocycles. The Kier molecular flexibility index (Phi) is 1.49. The first-order valence-corrected chi connectivity index (χ1v) is 4.58. The second-order valence-corrected chi connectivity index (χ2v) is 3.94. The molecule has 1 aliphatic heterocycles. The quantitative estimate of drug-likeness (QED) is 0.758. The lowest BCUT2D eigenvalue weighted by Gasteiger charge is -2.24. The third kappa shape index (κ3) is 0.805. The third-order valence-corrected chi connectivity index (χ3v) is 3.05. The molecule has 0 bridgehead atoms. The van der Waals surface area contributed by atoms with Crippen molar-refractivity contribution in [2.75, 3.05) is 5.32 Å². The van der Waals surface area contributed by atoms with Crippen molar-refractivity contribution in [3.8, 4) is 0 Å². The standard InChI is InChI=1S/C7H5Br2N/c8-5-1-2-6(9)7-4(5)3-10-7/h1-2,10H,3H2. The van der Waals surface area contributed by atoms with E-state index in [1.54, 1.807) is 0 Å². The first kappa shape index (κ1) is 6.68. The molecule has 3 heteroatoms. The predicted octanol–water partition coefficient (Wildman–Crippen LogP) is 3.14. The molecule has 0 unspecified atom stereocenters. The minimum absolute atomic E-state index is 0.982. The van der Waals surface area contributed by atoms with E-state index in [0.717, 1.165) is 11.0 Å². The summed E-state index contributed by atoms with van der Waals surface area (Å²) in [6.07, 6.45) is 0. The molecule has 1 N–H and O–H groups in total. The van der Waals surface area contributed by atoms with Gasteiger partial charge in [0.1, 0.15) is 0 Å². The molecule has 52 valence electrons. The van der Waals surface area contributed by atoms with Crippen LogP contribution in [0, 0.1) is 0 Å². The summed E-state index contributed by atoms with van der Waals surface area (Å²) in [7, 11) is 0. The van der Waals surface area contributed by atoms with Crippen molar-refractivity contribution in [2.24, 2.45) is 0 Å². The summed E-state index contributed by atoms with van der Waals surface area (Å²) >= 11 is 6.92. The molecule has 1 nitrogen and oxygen atoms in total. The Morgan fingerprint density at radius 3 is 2.40 bits per heavy atom. The van der Waals surface area contributed by atoms with Crippen molar-refractivity contribution in [3.05, 3.63) is 26.6 Å². The summed E-state index contributed by atoms with van der Waals surface area (Å²) in [5, 5.41) is 3.22. The van der Waals surface area contributed by atoms with Crippen LogP contribution in [-0.4, -0.2) is 0 Å². The lowest BCUT2D eigenvalue weighted by molar-refractivity contribution is 1.03. The Morgan fingerprint density at radius 2 is 1.90 bits per heavy atom. The summed E-state index contributed by atoms with van der Waals surface area (Å²) in [6.45, 7) is 0.982. The second-order valence-electron chi connectivity index (χ2n) is 2.24.